The quantitative estimate of drug-likeness (QED) is 0.879. The van der Waals surface area contributed by atoms with Crippen LogP contribution in [0.3, 0.4) is 0 Å². The molecule has 0 saturated carbocycles. The molecule has 1 heterocycles. The lowest BCUT2D eigenvalue weighted by Gasteiger charge is -2.19. The van der Waals surface area contributed by atoms with Gasteiger partial charge in [-0.3, -0.25) is 0 Å². The molecule has 0 atom stereocenters. The molecular weight excluding hydrogens is 236 g/mol. The first-order valence-electron chi connectivity index (χ1n) is 6.69. The van der Waals surface area contributed by atoms with E-state index in [2.05, 4.69) is 25.9 Å². The molecule has 0 radical (unpaired) electrons. The molecule has 0 aliphatic rings. The third-order valence-electron chi connectivity index (χ3n) is 3.17. The SMILES string of the molecule is CC(C)n1nc(-c2ccccc2)c(C(C)(C)C)c1O. The maximum atomic E-state index is 10.5. The van der Waals surface area contributed by atoms with Gasteiger partial charge >= 0.3 is 0 Å². The topological polar surface area (TPSA) is 38.0 Å². The van der Waals surface area contributed by atoms with Crippen molar-refractivity contribution in [1.82, 2.24) is 9.78 Å². The molecule has 0 spiro atoms. The summed E-state index contributed by atoms with van der Waals surface area (Å²) >= 11 is 0. The highest BCUT2D eigenvalue weighted by molar-refractivity contribution is 5.67. The average Bonchev–Trinajstić information content (AvgIpc) is 2.68. The van der Waals surface area contributed by atoms with E-state index in [0.717, 1.165) is 16.8 Å². The molecule has 0 aliphatic carbocycles. The summed E-state index contributed by atoms with van der Waals surface area (Å²) < 4.78 is 1.70. The van der Waals surface area contributed by atoms with E-state index in [9.17, 15) is 5.11 Å². The number of aromatic hydroxyl groups is 1. The Morgan fingerprint density at radius 3 is 2.16 bits per heavy atom. The Balaban J connectivity index is 2.70. The molecule has 0 bridgehead atoms. The molecular formula is C16H22N2O. The van der Waals surface area contributed by atoms with Crippen molar-refractivity contribution in [3.05, 3.63) is 35.9 Å². The van der Waals surface area contributed by atoms with Crippen molar-refractivity contribution in [3.8, 4) is 17.1 Å². The van der Waals surface area contributed by atoms with E-state index in [0.29, 0.717) is 0 Å². The molecule has 0 aliphatic heterocycles. The molecule has 2 aromatic rings. The van der Waals surface area contributed by atoms with Crippen LogP contribution in [-0.4, -0.2) is 14.9 Å². The van der Waals surface area contributed by atoms with Gasteiger partial charge in [-0.25, -0.2) is 4.68 Å². The van der Waals surface area contributed by atoms with Crippen LogP contribution >= 0.6 is 0 Å². The van der Waals surface area contributed by atoms with Crippen molar-refractivity contribution in [2.24, 2.45) is 0 Å². The molecule has 102 valence electrons. The smallest absolute Gasteiger partial charge is 0.213 e. The molecule has 0 fully saturated rings. The first-order chi connectivity index (χ1) is 8.82. The molecule has 1 aromatic heterocycles. The number of hydrogen-bond acceptors (Lipinski definition) is 2. The summed E-state index contributed by atoms with van der Waals surface area (Å²) in [6.07, 6.45) is 0. The second kappa shape index (κ2) is 4.72. The Labute approximate surface area is 114 Å². The minimum absolute atomic E-state index is 0.138. The van der Waals surface area contributed by atoms with Crippen LogP contribution in [0.15, 0.2) is 30.3 Å². The molecule has 1 aromatic carbocycles. The van der Waals surface area contributed by atoms with Crippen LogP contribution in [0, 0.1) is 0 Å². The maximum Gasteiger partial charge on any atom is 0.213 e. The second-order valence-electron chi connectivity index (χ2n) is 6.20. The first-order valence-corrected chi connectivity index (χ1v) is 6.69. The highest BCUT2D eigenvalue weighted by Gasteiger charge is 2.28. The fourth-order valence-corrected chi connectivity index (χ4v) is 2.27. The highest BCUT2D eigenvalue weighted by atomic mass is 16.3. The summed E-state index contributed by atoms with van der Waals surface area (Å²) in [5.41, 5.74) is 2.68. The van der Waals surface area contributed by atoms with Crippen LogP contribution in [0.1, 0.15) is 46.2 Å². The van der Waals surface area contributed by atoms with Crippen LogP contribution in [-0.2, 0) is 5.41 Å². The molecule has 3 nitrogen and oxygen atoms in total. The third kappa shape index (κ3) is 2.50. The van der Waals surface area contributed by atoms with Gasteiger partial charge in [0.05, 0.1) is 11.7 Å². The summed E-state index contributed by atoms with van der Waals surface area (Å²) in [7, 11) is 0. The minimum atomic E-state index is -0.150. The Hall–Kier alpha value is -1.77. The Bertz CT molecular complexity index is 562. The minimum Gasteiger partial charge on any atom is -0.493 e. The lowest BCUT2D eigenvalue weighted by atomic mass is 9.85. The fourth-order valence-electron chi connectivity index (χ4n) is 2.27. The Morgan fingerprint density at radius 1 is 1.11 bits per heavy atom. The molecule has 3 heteroatoms. The normalized spacial score (nSPS) is 12.1. The average molecular weight is 258 g/mol. The van der Waals surface area contributed by atoms with E-state index in [1.165, 1.54) is 0 Å². The zero-order valence-electron chi connectivity index (χ0n) is 12.3. The van der Waals surface area contributed by atoms with E-state index >= 15 is 0 Å². The number of aromatic nitrogens is 2. The van der Waals surface area contributed by atoms with E-state index < -0.39 is 0 Å². The zero-order valence-corrected chi connectivity index (χ0v) is 12.3. The Kier molecular flexibility index (Phi) is 3.40. The summed E-state index contributed by atoms with van der Waals surface area (Å²) in [5.74, 6) is 0.279. The summed E-state index contributed by atoms with van der Waals surface area (Å²) in [6, 6.07) is 10.2. The van der Waals surface area contributed by atoms with Gasteiger partial charge in [0.25, 0.3) is 0 Å². The number of benzene rings is 1. The predicted molar refractivity (Wildman–Crippen MR) is 78.4 cm³/mol. The van der Waals surface area contributed by atoms with Gasteiger partial charge in [-0.2, -0.15) is 5.10 Å². The molecule has 0 saturated heterocycles. The monoisotopic (exact) mass is 258 g/mol. The van der Waals surface area contributed by atoms with Crippen molar-refractivity contribution in [1.29, 1.82) is 0 Å². The molecule has 1 N–H and O–H groups in total. The summed E-state index contributed by atoms with van der Waals surface area (Å²) in [5, 5.41) is 15.1. The molecule has 0 amide bonds. The van der Waals surface area contributed by atoms with Crippen LogP contribution in [0.25, 0.3) is 11.3 Å². The van der Waals surface area contributed by atoms with E-state index in [4.69, 9.17) is 0 Å². The first kappa shape index (κ1) is 13.7. The third-order valence-corrected chi connectivity index (χ3v) is 3.17. The maximum absolute atomic E-state index is 10.5. The van der Waals surface area contributed by atoms with Crippen molar-refractivity contribution < 1.29 is 5.11 Å². The van der Waals surface area contributed by atoms with Gasteiger partial charge in [0, 0.05) is 11.1 Å². The highest BCUT2D eigenvalue weighted by Crippen LogP contribution is 2.39. The number of rotatable bonds is 2. The second-order valence-corrected chi connectivity index (χ2v) is 6.20. The van der Waals surface area contributed by atoms with Crippen LogP contribution in [0.4, 0.5) is 0 Å². The number of hydrogen-bond donors (Lipinski definition) is 1. The van der Waals surface area contributed by atoms with Gasteiger partial charge in [0.15, 0.2) is 0 Å². The molecule has 19 heavy (non-hydrogen) atoms. The molecule has 0 unspecified atom stereocenters. The summed E-state index contributed by atoms with van der Waals surface area (Å²) in [6.45, 7) is 10.3. The fraction of sp³-hybridized carbons (Fsp3) is 0.438. The summed E-state index contributed by atoms with van der Waals surface area (Å²) in [4.78, 5) is 0. The van der Waals surface area contributed by atoms with Crippen LogP contribution in [0.2, 0.25) is 0 Å². The van der Waals surface area contributed by atoms with E-state index in [1.54, 1.807) is 4.68 Å². The van der Waals surface area contributed by atoms with E-state index in [-0.39, 0.29) is 17.3 Å². The van der Waals surface area contributed by atoms with Crippen LogP contribution in [0.5, 0.6) is 5.88 Å². The zero-order chi connectivity index (χ0) is 14.2. The van der Waals surface area contributed by atoms with Gasteiger partial charge < -0.3 is 5.11 Å². The predicted octanol–water partition coefficient (Wildman–Crippen LogP) is 4.13. The largest absolute Gasteiger partial charge is 0.493 e. The standard InChI is InChI=1S/C16H22N2O/c1-11(2)18-15(19)13(16(3,4)5)14(17-18)12-9-7-6-8-10-12/h6-11,19H,1-5H3. The number of nitrogens with zero attached hydrogens (tertiary/aromatic N) is 2. The van der Waals surface area contributed by atoms with E-state index in [1.807, 2.05) is 44.2 Å². The van der Waals surface area contributed by atoms with Crippen molar-refractivity contribution in [2.75, 3.05) is 0 Å². The van der Waals surface area contributed by atoms with Crippen LogP contribution < -0.4 is 0 Å². The Morgan fingerprint density at radius 2 is 1.68 bits per heavy atom. The lowest BCUT2D eigenvalue weighted by molar-refractivity contribution is 0.366. The van der Waals surface area contributed by atoms with Gasteiger partial charge in [-0.1, -0.05) is 51.1 Å². The van der Waals surface area contributed by atoms with Crippen molar-refractivity contribution >= 4 is 0 Å². The van der Waals surface area contributed by atoms with Gasteiger partial charge in [0.1, 0.15) is 0 Å². The van der Waals surface area contributed by atoms with Crippen molar-refractivity contribution in [2.45, 2.75) is 46.1 Å². The van der Waals surface area contributed by atoms with Crippen molar-refractivity contribution in [3.63, 3.8) is 0 Å². The molecule has 2 rings (SSSR count). The van der Waals surface area contributed by atoms with Gasteiger partial charge in [0.2, 0.25) is 5.88 Å². The van der Waals surface area contributed by atoms with Gasteiger partial charge in [-0.05, 0) is 19.3 Å². The lowest BCUT2D eigenvalue weighted by Crippen LogP contribution is -2.12. The van der Waals surface area contributed by atoms with Gasteiger partial charge in [-0.15, -0.1) is 0 Å².